The molecule has 8 heteroatoms. The fourth-order valence-electron chi connectivity index (χ4n) is 1.79. The Hall–Kier alpha value is -2.25. The van der Waals surface area contributed by atoms with E-state index < -0.39 is 4.92 Å². The smallest absolute Gasteiger partial charge is 0.312 e. The number of nitro groups is 1. The molecule has 0 unspecified atom stereocenters. The lowest BCUT2D eigenvalue weighted by atomic mass is 10.2. The lowest BCUT2D eigenvalue weighted by Crippen LogP contribution is -2.14. The number of ether oxygens (including phenoxy) is 1. The van der Waals surface area contributed by atoms with Gasteiger partial charge in [-0.1, -0.05) is 11.6 Å². The molecule has 6 nitrogen and oxygen atoms in total. The van der Waals surface area contributed by atoms with Crippen molar-refractivity contribution < 1.29 is 14.5 Å². The summed E-state index contributed by atoms with van der Waals surface area (Å²) >= 11 is 7.14. The van der Waals surface area contributed by atoms with Gasteiger partial charge in [0.15, 0.2) is 5.75 Å². The van der Waals surface area contributed by atoms with Crippen LogP contribution in [0.25, 0.3) is 0 Å². The number of carbonyl (C=O) groups excluding carboxylic acids is 1. The van der Waals surface area contributed by atoms with Crippen LogP contribution in [-0.4, -0.2) is 23.7 Å². The number of benzene rings is 2. The summed E-state index contributed by atoms with van der Waals surface area (Å²) in [7, 11) is 1.35. The van der Waals surface area contributed by atoms with Crippen LogP contribution < -0.4 is 10.1 Å². The molecule has 0 saturated heterocycles. The number of methoxy groups -OCH3 is 1. The summed E-state index contributed by atoms with van der Waals surface area (Å²) in [6.07, 6.45) is 0. The van der Waals surface area contributed by atoms with E-state index in [4.69, 9.17) is 16.3 Å². The van der Waals surface area contributed by atoms with E-state index in [9.17, 15) is 14.9 Å². The number of carbonyl (C=O) groups is 1. The molecule has 2 aromatic carbocycles. The molecule has 0 saturated carbocycles. The van der Waals surface area contributed by atoms with Crippen LogP contribution in [0.5, 0.6) is 5.75 Å². The van der Waals surface area contributed by atoms with Gasteiger partial charge in [0.05, 0.1) is 17.8 Å². The second kappa shape index (κ2) is 7.85. The van der Waals surface area contributed by atoms with Gasteiger partial charge in [-0.15, -0.1) is 11.8 Å². The van der Waals surface area contributed by atoms with Gasteiger partial charge >= 0.3 is 5.69 Å². The van der Waals surface area contributed by atoms with E-state index >= 15 is 0 Å². The molecule has 0 spiro atoms. The van der Waals surface area contributed by atoms with Crippen LogP contribution in [0.4, 0.5) is 11.4 Å². The van der Waals surface area contributed by atoms with Crippen LogP contribution >= 0.6 is 23.4 Å². The normalized spacial score (nSPS) is 10.2. The van der Waals surface area contributed by atoms with Crippen LogP contribution in [0.1, 0.15) is 0 Å². The summed E-state index contributed by atoms with van der Waals surface area (Å²) in [5.41, 5.74) is 0.148. The third kappa shape index (κ3) is 4.87. The summed E-state index contributed by atoms with van der Waals surface area (Å²) in [6.45, 7) is 0. The molecule has 0 atom stereocenters. The Morgan fingerprint density at radius 1 is 1.30 bits per heavy atom. The zero-order valence-electron chi connectivity index (χ0n) is 12.1. The van der Waals surface area contributed by atoms with E-state index in [1.165, 1.54) is 31.0 Å². The number of amides is 1. The number of halogens is 1. The Balaban J connectivity index is 1.98. The first-order chi connectivity index (χ1) is 11.0. The highest BCUT2D eigenvalue weighted by molar-refractivity contribution is 8.00. The van der Waals surface area contributed by atoms with Crippen molar-refractivity contribution >= 4 is 40.6 Å². The molecule has 120 valence electrons. The Morgan fingerprint density at radius 3 is 2.61 bits per heavy atom. The van der Waals surface area contributed by atoms with Gasteiger partial charge in [0, 0.05) is 21.7 Å². The fourth-order valence-corrected chi connectivity index (χ4v) is 2.61. The molecule has 0 aliphatic carbocycles. The van der Waals surface area contributed by atoms with Gasteiger partial charge in [0.2, 0.25) is 5.91 Å². The maximum atomic E-state index is 11.9. The summed E-state index contributed by atoms with van der Waals surface area (Å²) in [5, 5.41) is 14.2. The molecular formula is C15H13ClN2O4S. The average molecular weight is 353 g/mol. The molecule has 0 aromatic heterocycles. The highest BCUT2D eigenvalue weighted by Crippen LogP contribution is 2.29. The first-order valence-electron chi connectivity index (χ1n) is 6.50. The maximum Gasteiger partial charge on any atom is 0.312 e. The molecular weight excluding hydrogens is 340 g/mol. The second-order valence-corrected chi connectivity index (χ2v) is 5.92. The van der Waals surface area contributed by atoms with E-state index in [0.29, 0.717) is 10.7 Å². The van der Waals surface area contributed by atoms with E-state index in [0.717, 1.165) is 4.90 Å². The number of nitrogens with one attached hydrogen (secondary N) is 1. The fraction of sp³-hybridized carbons (Fsp3) is 0.133. The van der Waals surface area contributed by atoms with Crippen molar-refractivity contribution in [3.8, 4) is 5.75 Å². The summed E-state index contributed by atoms with van der Waals surface area (Å²) in [5.74, 6) is 0.0644. The number of anilines is 1. The summed E-state index contributed by atoms with van der Waals surface area (Å²) < 4.78 is 4.91. The second-order valence-electron chi connectivity index (χ2n) is 4.43. The molecule has 0 aliphatic rings. The van der Waals surface area contributed by atoms with Crippen molar-refractivity contribution in [2.45, 2.75) is 4.90 Å². The number of hydrogen-bond acceptors (Lipinski definition) is 5. The minimum absolute atomic E-state index is 0.142. The van der Waals surface area contributed by atoms with E-state index in [-0.39, 0.29) is 23.1 Å². The molecule has 0 aliphatic heterocycles. The zero-order valence-corrected chi connectivity index (χ0v) is 13.7. The van der Waals surface area contributed by atoms with Crippen LogP contribution in [0.2, 0.25) is 5.02 Å². The van der Waals surface area contributed by atoms with Crippen molar-refractivity contribution in [1.29, 1.82) is 0 Å². The number of nitrogens with zero attached hydrogens (tertiary/aromatic N) is 1. The molecule has 1 N–H and O–H groups in total. The van der Waals surface area contributed by atoms with Crippen LogP contribution in [0.3, 0.4) is 0 Å². The topological polar surface area (TPSA) is 81.5 Å². The van der Waals surface area contributed by atoms with Gasteiger partial charge < -0.3 is 10.1 Å². The molecule has 2 rings (SSSR count). The lowest BCUT2D eigenvalue weighted by Gasteiger charge is -2.07. The highest BCUT2D eigenvalue weighted by atomic mass is 35.5. The summed E-state index contributed by atoms with van der Waals surface area (Å²) in [6, 6.07) is 11.4. The largest absolute Gasteiger partial charge is 0.490 e. The minimum Gasteiger partial charge on any atom is -0.490 e. The van der Waals surface area contributed by atoms with E-state index in [1.54, 1.807) is 18.2 Å². The first kappa shape index (κ1) is 17.1. The molecule has 0 heterocycles. The lowest BCUT2D eigenvalue weighted by molar-refractivity contribution is -0.385. The Labute approximate surface area is 141 Å². The third-order valence-corrected chi connectivity index (χ3v) is 4.11. The Kier molecular flexibility index (Phi) is 5.84. The maximum absolute atomic E-state index is 11.9. The van der Waals surface area contributed by atoms with E-state index in [2.05, 4.69) is 5.32 Å². The standard InChI is InChI=1S/C15H13ClN2O4S/c1-22-14-7-4-11(8-13(14)18(20)21)17-15(19)9-23-12-5-2-10(16)3-6-12/h2-8H,9H2,1H3,(H,17,19). The van der Waals surface area contributed by atoms with Crippen molar-refractivity contribution in [3.63, 3.8) is 0 Å². The molecule has 2 aromatic rings. The monoisotopic (exact) mass is 352 g/mol. The third-order valence-electron chi connectivity index (χ3n) is 2.84. The van der Waals surface area contributed by atoms with Crippen LogP contribution in [0, 0.1) is 10.1 Å². The molecule has 0 bridgehead atoms. The van der Waals surface area contributed by atoms with Gasteiger partial charge in [-0.2, -0.15) is 0 Å². The van der Waals surface area contributed by atoms with Gasteiger partial charge in [0.1, 0.15) is 0 Å². The zero-order chi connectivity index (χ0) is 16.8. The number of nitro benzene ring substituents is 1. The molecule has 0 radical (unpaired) electrons. The predicted molar refractivity (Wildman–Crippen MR) is 90.5 cm³/mol. The summed E-state index contributed by atoms with van der Waals surface area (Å²) in [4.78, 5) is 23.2. The van der Waals surface area contributed by atoms with Crippen molar-refractivity contribution in [1.82, 2.24) is 0 Å². The Morgan fingerprint density at radius 2 is 2.00 bits per heavy atom. The van der Waals surface area contributed by atoms with Crippen LogP contribution in [-0.2, 0) is 4.79 Å². The molecule has 0 fully saturated rings. The van der Waals surface area contributed by atoms with E-state index in [1.807, 2.05) is 12.1 Å². The number of thioether (sulfide) groups is 1. The number of rotatable bonds is 6. The molecule has 1 amide bonds. The van der Waals surface area contributed by atoms with Crippen LogP contribution in [0.15, 0.2) is 47.4 Å². The van der Waals surface area contributed by atoms with Gasteiger partial charge in [-0.05, 0) is 36.4 Å². The van der Waals surface area contributed by atoms with Crippen molar-refractivity contribution in [3.05, 3.63) is 57.6 Å². The minimum atomic E-state index is -0.559. The average Bonchev–Trinajstić information content (AvgIpc) is 2.54. The van der Waals surface area contributed by atoms with Gasteiger partial charge in [0.25, 0.3) is 0 Å². The first-order valence-corrected chi connectivity index (χ1v) is 7.86. The van der Waals surface area contributed by atoms with Crippen molar-refractivity contribution in [2.75, 3.05) is 18.2 Å². The van der Waals surface area contributed by atoms with Crippen molar-refractivity contribution in [2.24, 2.45) is 0 Å². The van der Waals surface area contributed by atoms with Gasteiger partial charge in [-0.3, -0.25) is 14.9 Å². The number of hydrogen-bond donors (Lipinski definition) is 1. The quantitative estimate of drug-likeness (QED) is 0.483. The van der Waals surface area contributed by atoms with Gasteiger partial charge in [-0.25, -0.2) is 0 Å². The highest BCUT2D eigenvalue weighted by Gasteiger charge is 2.16. The predicted octanol–water partition coefficient (Wildman–Crippen LogP) is 3.99. The Bertz CT molecular complexity index is 722. The molecule has 23 heavy (non-hydrogen) atoms. The SMILES string of the molecule is COc1ccc(NC(=O)CSc2ccc(Cl)cc2)cc1[N+](=O)[O-].